The summed E-state index contributed by atoms with van der Waals surface area (Å²) in [4.78, 5) is 29.3. The van der Waals surface area contributed by atoms with Crippen LogP contribution in [0.15, 0.2) is 77.8 Å². The number of Topliss-reactive ketones (excluding diaryl/α,β-unsaturated/α-hetero) is 1. The van der Waals surface area contributed by atoms with E-state index in [-0.39, 0.29) is 5.78 Å². The van der Waals surface area contributed by atoms with Crippen molar-refractivity contribution in [3.05, 3.63) is 94.5 Å². The van der Waals surface area contributed by atoms with Crippen LogP contribution in [0.2, 0.25) is 5.02 Å². The second-order valence-electron chi connectivity index (χ2n) is 7.68. The molecule has 4 rings (SSSR count). The molecule has 2 atom stereocenters. The van der Waals surface area contributed by atoms with Crippen LogP contribution in [-0.4, -0.2) is 24.6 Å². The number of nitrogens with one attached hydrogen (secondary N) is 1. The van der Waals surface area contributed by atoms with Crippen LogP contribution in [-0.2, 0) is 11.4 Å². The average molecular weight is 463 g/mol. The zero-order valence-electron chi connectivity index (χ0n) is 18.2. The highest BCUT2D eigenvalue weighted by Crippen LogP contribution is 2.40. The minimum absolute atomic E-state index is 0.137. The fourth-order valence-electron chi connectivity index (χ4n) is 3.92. The highest BCUT2D eigenvalue weighted by atomic mass is 35.5. The molecule has 0 radical (unpaired) electrons. The molecule has 1 aliphatic heterocycles. The maximum Gasteiger partial charge on any atom is 0.341 e. The molecule has 0 saturated heterocycles. The molecule has 3 aromatic carbocycles. The Morgan fingerprint density at radius 1 is 1.03 bits per heavy atom. The molecule has 0 bridgehead atoms. The van der Waals surface area contributed by atoms with E-state index in [1.165, 1.54) is 14.0 Å². The Morgan fingerprint density at radius 2 is 1.70 bits per heavy atom. The SMILES string of the molecule is COc1cc(C2NC(=O)N=C(c3ccccc3)C2C(C)=O)c(Cl)cc1OCc1ccccc1. The Labute approximate surface area is 197 Å². The molecule has 1 aliphatic rings. The molecule has 0 aromatic heterocycles. The molecule has 0 aliphatic carbocycles. The van der Waals surface area contributed by atoms with Crippen LogP contribution in [0.25, 0.3) is 0 Å². The van der Waals surface area contributed by atoms with Gasteiger partial charge in [-0.15, -0.1) is 0 Å². The van der Waals surface area contributed by atoms with E-state index in [0.29, 0.717) is 40.0 Å². The minimum atomic E-state index is -0.705. The van der Waals surface area contributed by atoms with Crippen LogP contribution in [0.3, 0.4) is 0 Å². The number of methoxy groups -OCH3 is 1. The summed E-state index contributed by atoms with van der Waals surface area (Å²) in [6.07, 6.45) is 0. The molecule has 2 amide bonds. The lowest BCUT2D eigenvalue weighted by Gasteiger charge is -2.32. The maximum atomic E-state index is 12.7. The topological polar surface area (TPSA) is 77.0 Å². The summed E-state index contributed by atoms with van der Waals surface area (Å²) in [5, 5.41) is 3.16. The molecule has 0 fully saturated rings. The summed E-state index contributed by atoms with van der Waals surface area (Å²) in [5.74, 6) is 0.0738. The standard InChI is InChI=1S/C26H23ClN2O4/c1-16(30)23-24(18-11-7-4-8-12-18)28-26(31)29-25(23)19-13-21(32-2)22(14-20(19)27)33-15-17-9-5-3-6-10-17/h3-14,23,25H,15H2,1-2H3,(H,29,31). The lowest BCUT2D eigenvalue weighted by atomic mass is 9.82. The number of rotatable bonds is 7. The number of benzene rings is 3. The van der Waals surface area contributed by atoms with E-state index in [1.807, 2.05) is 60.7 Å². The summed E-state index contributed by atoms with van der Waals surface area (Å²) < 4.78 is 11.5. The number of nitrogens with zero attached hydrogens (tertiary/aromatic N) is 1. The molecule has 6 nitrogen and oxygen atoms in total. The molecule has 3 aromatic rings. The van der Waals surface area contributed by atoms with Crippen LogP contribution in [0.5, 0.6) is 11.5 Å². The van der Waals surface area contributed by atoms with Gasteiger partial charge in [0.2, 0.25) is 0 Å². The van der Waals surface area contributed by atoms with Gasteiger partial charge < -0.3 is 14.8 Å². The predicted octanol–water partition coefficient (Wildman–Crippen LogP) is 5.39. The Hall–Kier alpha value is -3.64. The first-order chi connectivity index (χ1) is 16.0. The van der Waals surface area contributed by atoms with Gasteiger partial charge in [0.1, 0.15) is 12.4 Å². The molecule has 0 saturated carbocycles. The zero-order valence-corrected chi connectivity index (χ0v) is 19.0. The second kappa shape index (κ2) is 9.88. The van der Waals surface area contributed by atoms with Crippen LogP contribution < -0.4 is 14.8 Å². The number of ketones is 1. The monoisotopic (exact) mass is 462 g/mol. The number of carbonyl (C=O) groups excluding carboxylic acids is 2. The van der Waals surface area contributed by atoms with E-state index < -0.39 is 18.0 Å². The summed E-state index contributed by atoms with van der Waals surface area (Å²) in [6.45, 7) is 1.82. The van der Waals surface area contributed by atoms with Crippen LogP contribution in [0, 0.1) is 5.92 Å². The van der Waals surface area contributed by atoms with Gasteiger partial charge in [0, 0.05) is 11.1 Å². The fourth-order valence-corrected chi connectivity index (χ4v) is 4.19. The van der Waals surface area contributed by atoms with E-state index in [0.717, 1.165) is 5.56 Å². The summed E-state index contributed by atoms with van der Waals surface area (Å²) >= 11 is 6.65. The molecule has 0 spiro atoms. The summed E-state index contributed by atoms with van der Waals surface area (Å²) in [6, 6.07) is 21.0. The third kappa shape index (κ3) is 4.91. The fraction of sp³-hybridized carbons (Fsp3) is 0.192. The third-order valence-electron chi connectivity index (χ3n) is 5.49. The number of amides is 2. The minimum Gasteiger partial charge on any atom is -0.493 e. The number of carbonyl (C=O) groups is 2. The molecule has 7 heteroatoms. The Kier molecular flexibility index (Phi) is 6.75. The lowest BCUT2D eigenvalue weighted by Crippen LogP contribution is -2.44. The number of ether oxygens (including phenoxy) is 2. The van der Waals surface area contributed by atoms with Gasteiger partial charge in [-0.1, -0.05) is 72.3 Å². The van der Waals surface area contributed by atoms with E-state index >= 15 is 0 Å². The van der Waals surface area contributed by atoms with Crippen molar-refractivity contribution in [2.75, 3.05) is 7.11 Å². The van der Waals surface area contributed by atoms with Crippen molar-refractivity contribution in [2.24, 2.45) is 10.9 Å². The first-order valence-corrected chi connectivity index (χ1v) is 10.8. The van der Waals surface area contributed by atoms with Crippen molar-refractivity contribution in [3.8, 4) is 11.5 Å². The Bertz CT molecular complexity index is 1200. The van der Waals surface area contributed by atoms with E-state index in [1.54, 1.807) is 12.1 Å². The first-order valence-electron chi connectivity index (χ1n) is 10.5. The van der Waals surface area contributed by atoms with E-state index in [2.05, 4.69) is 10.3 Å². The largest absolute Gasteiger partial charge is 0.493 e. The predicted molar refractivity (Wildman–Crippen MR) is 127 cm³/mol. The van der Waals surface area contributed by atoms with Crippen molar-refractivity contribution < 1.29 is 19.1 Å². The molecule has 1 heterocycles. The van der Waals surface area contributed by atoms with Crippen molar-refractivity contribution in [1.29, 1.82) is 0 Å². The number of hydrogen-bond donors (Lipinski definition) is 1. The smallest absolute Gasteiger partial charge is 0.341 e. The van der Waals surface area contributed by atoms with Crippen molar-refractivity contribution in [2.45, 2.75) is 19.6 Å². The van der Waals surface area contributed by atoms with Crippen LogP contribution >= 0.6 is 11.6 Å². The van der Waals surface area contributed by atoms with Crippen molar-refractivity contribution >= 4 is 29.1 Å². The van der Waals surface area contributed by atoms with E-state index in [9.17, 15) is 9.59 Å². The van der Waals surface area contributed by atoms with Crippen molar-refractivity contribution in [3.63, 3.8) is 0 Å². The number of hydrogen-bond acceptors (Lipinski definition) is 4. The number of halogens is 1. The van der Waals surface area contributed by atoms with Gasteiger partial charge in [-0.2, -0.15) is 4.99 Å². The van der Waals surface area contributed by atoms with Gasteiger partial charge in [-0.25, -0.2) is 4.79 Å². The molecule has 1 N–H and O–H groups in total. The summed E-state index contributed by atoms with van der Waals surface area (Å²) in [5.41, 5.74) is 2.68. The van der Waals surface area contributed by atoms with Gasteiger partial charge in [0.25, 0.3) is 0 Å². The van der Waals surface area contributed by atoms with Crippen LogP contribution in [0.1, 0.15) is 29.7 Å². The number of urea groups is 1. The summed E-state index contributed by atoms with van der Waals surface area (Å²) in [7, 11) is 1.53. The molecular weight excluding hydrogens is 440 g/mol. The maximum absolute atomic E-state index is 12.7. The highest BCUT2D eigenvalue weighted by Gasteiger charge is 2.38. The van der Waals surface area contributed by atoms with Gasteiger partial charge in [-0.05, 0) is 29.7 Å². The number of aliphatic imine (C=N–C) groups is 1. The van der Waals surface area contributed by atoms with Crippen molar-refractivity contribution in [1.82, 2.24) is 5.32 Å². The molecule has 33 heavy (non-hydrogen) atoms. The van der Waals surface area contributed by atoms with Gasteiger partial charge >= 0.3 is 6.03 Å². The average Bonchev–Trinajstić information content (AvgIpc) is 2.83. The van der Waals surface area contributed by atoms with Gasteiger partial charge in [-0.3, -0.25) is 4.79 Å². The normalized spacial score (nSPS) is 17.7. The lowest BCUT2D eigenvalue weighted by molar-refractivity contribution is -0.119. The van der Waals surface area contributed by atoms with E-state index in [4.69, 9.17) is 21.1 Å². The third-order valence-corrected chi connectivity index (χ3v) is 5.82. The molecule has 2 unspecified atom stereocenters. The molecule has 168 valence electrons. The zero-order chi connectivity index (χ0) is 23.4. The van der Waals surface area contributed by atoms with Gasteiger partial charge in [0.15, 0.2) is 11.5 Å². The first kappa shape index (κ1) is 22.6. The molecular formula is C26H23ClN2O4. The van der Waals surface area contributed by atoms with Crippen LogP contribution in [0.4, 0.5) is 4.79 Å². The Morgan fingerprint density at radius 3 is 2.33 bits per heavy atom. The highest BCUT2D eigenvalue weighted by molar-refractivity contribution is 6.32. The quantitative estimate of drug-likeness (QED) is 0.511. The van der Waals surface area contributed by atoms with Gasteiger partial charge in [0.05, 0.1) is 24.8 Å². The Balaban J connectivity index is 1.70. The second-order valence-corrected chi connectivity index (χ2v) is 8.08.